The first-order chi connectivity index (χ1) is 9.25. The van der Waals surface area contributed by atoms with Gasteiger partial charge in [0.2, 0.25) is 0 Å². The van der Waals surface area contributed by atoms with Crippen molar-refractivity contribution in [1.82, 2.24) is 5.32 Å². The van der Waals surface area contributed by atoms with Crippen molar-refractivity contribution in [3.8, 4) is 5.75 Å². The molecule has 19 heavy (non-hydrogen) atoms. The summed E-state index contributed by atoms with van der Waals surface area (Å²) in [4.78, 5) is 0. The number of para-hydroxylation sites is 1. The van der Waals surface area contributed by atoms with Gasteiger partial charge in [0, 0.05) is 25.3 Å². The molecule has 0 spiro atoms. The van der Waals surface area contributed by atoms with Gasteiger partial charge in [0.05, 0.1) is 12.7 Å². The molecule has 1 fully saturated rings. The minimum absolute atomic E-state index is 0.216. The van der Waals surface area contributed by atoms with Gasteiger partial charge in [-0.25, -0.2) is 0 Å². The maximum atomic E-state index is 5.82. The Morgan fingerprint density at radius 3 is 2.95 bits per heavy atom. The van der Waals surface area contributed by atoms with E-state index in [-0.39, 0.29) is 6.10 Å². The first-order valence-electron chi connectivity index (χ1n) is 7.28. The largest absolute Gasteiger partial charge is 0.491 e. The van der Waals surface area contributed by atoms with E-state index in [0.717, 1.165) is 32.1 Å². The molecule has 0 aliphatic carbocycles. The van der Waals surface area contributed by atoms with E-state index in [2.05, 4.69) is 31.3 Å². The van der Waals surface area contributed by atoms with E-state index in [9.17, 15) is 0 Å². The molecule has 1 N–H and O–H groups in total. The van der Waals surface area contributed by atoms with Crippen molar-refractivity contribution >= 4 is 0 Å². The Balaban J connectivity index is 1.81. The molecule has 1 aliphatic rings. The lowest BCUT2D eigenvalue weighted by Gasteiger charge is -2.22. The van der Waals surface area contributed by atoms with Crippen LogP contribution in [-0.2, 0) is 11.3 Å². The highest BCUT2D eigenvalue weighted by molar-refractivity contribution is 5.33. The molecule has 1 atom stereocenters. The van der Waals surface area contributed by atoms with Crippen LogP contribution in [0.2, 0.25) is 0 Å². The Hall–Kier alpha value is -1.06. The van der Waals surface area contributed by atoms with Crippen molar-refractivity contribution < 1.29 is 9.47 Å². The fraction of sp³-hybridized carbons (Fsp3) is 0.625. The van der Waals surface area contributed by atoms with Crippen LogP contribution in [-0.4, -0.2) is 25.9 Å². The average molecular weight is 263 g/mol. The van der Waals surface area contributed by atoms with Gasteiger partial charge in [0.1, 0.15) is 5.75 Å². The lowest BCUT2D eigenvalue weighted by molar-refractivity contribution is 0.0547. The van der Waals surface area contributed by atoms with Crippen molar-refractivity contribution in [2.45, 2.75) is 39.3 Å². The third-order valence-electron chi connectivity index (χ3n) is 3.34. The van der Waals surface area contributed by atoms with Gasteiger partial charge in [-0.05, 0) is 38.7 Å². The molecule has 2 rings (SSSR count). The highest BCUT2D eigenvalue weighted by Crippen LogP contribution is 2.19. The highest BCUT2D eigenvalue weighted by Gasteiger charge is 2.13. The van der Waals surface area contributed by atoms with E-state index in [1.54, 1.807) is 0 Å². The summed E-state index contributed by atoms with van der Waals surface area (Å²) in [5.74, 6) is 1.65. The zero-order valence-corrected chi connectivity index (χ0v) is 12.0. The standard InChI is InChI=1S/C16H25NO2/c1-13(2)19-16-8-4-3-7-15(16)11-17-10-14-6-5-9-18-12-14/h3-4,7-8,13-14,17H,5-6,9-12H2,1-2H3. The molecule has 1 aromatic rings. The normalized spacial score (nSPS) is 19.6. The average Bonchev–Trinajstić information content (AvgIpc) is 2.41. The smallest absolute Gasteiger partial charge is 0.124 e. The van der Waals surface area contributed by atoms with Crippen LogP contribution in [0.1, 0.15) is 32.3 Å². The van der Waals surface area contributed by atoms with Gasteiger partial charge in [-0.2, -0.15) is 0 Å². The molecule has 1 aliphatic heterocycles. The molecule has 0 bridgehead atoms. The molecule has 1 unspecified atom stereocenters. The zero-order chi connectivity index (χ0) is 13.5. The van der Waals surface area contributed by atoms with E-state index in [1.165, 1.54) is 18.4 Å². The Morgan fingerprint density at radius 2 is 2.21 bits per heavy atom. The quantitative estimate of drug-likeness (QED) is 0.856. The first-order valence-corrected chi connectivity index (χ1v) is 7.28. The number of hydrogen-bond acceptors (Lipinski definition) is 3. The molecule has 3 nitrogen and oxygen atoms in total. The zero-order valence-electron chi connectivity index (χ0n) is 12.0. The van der Waals surface area contributed by atoms with Gasteiger partial charge in [0.25, 0.3) is 0 Å². The van der Waals surface area contributed by atoms with Gasteiger partial charge in [-0.1, -0.05) is 18.2 Å². The summed E-state index contributed by atoms with van der Waals surface area (Å²) in [6.45, 7) is 7.83. The monoisotopic (exact) mass is 263 g/mol. The number of rotatable bonds is 6. The second kappa shape index (κ2) is 7.51. The van der Waals surface area contributed by atoms with E-state index < -0.39 is 0 Å². The molecule has 0 amide bonds. The fourth-order valence-electron chi connectivity index (χ4n) is 2.40. The van der Waals surface area contributed by atoms with Gasteiger partial charge in [-0.3, -0.25) is 0 Å². The summed E-state index contributed by atoms with van der Waals surface area (Å²) in [5.41, 5.74) is 1.23. The summed E-state index contributed by atoms with van der Waals surface area (Å²) in [6, 6.07) is 8.26. The first kappa shape index (κ1) is 14.4. The summed E-state index contributed by atoms with van der Waals surface area (Å²) < 4.78 is 11.3. The molecular weight excluding hydrogens is 238 g/mol. The van der Waals surface area contributed by atoms with Crippen LogP contribution >= 0.6 is 0 Å². The van der Waals surface area contributed by atoms with Gasteiger partial charge < -0.3 is 14.8 Å². The Bertz CT molecular complexity index is 373. The van der Waals surface area contributed by atoms with E-state index >= 15 is 0 Å². The second-order valence-corrected chi connectivity index (χ2v) is 5.49. The number of hydrogen-bond donors (Lipinski definition) is 1. The number of benzene rings is 1. The number of nitrogens with one attached hydrogen (secondary N) is 1. The number of ether oxygens (including phenoxy) is 2. The maximum absolute atomic E-state index is 5.82. The lowest BCUT2D eigenvalue weighted by atomic mass is 10.0. The van der Waals surface area contributed by atoms with E-state index in [1.807, 2.05) is 12.1 Å². The van der Waals surface area contributed by atoms with Gasteiger partial charge in [-0.15, -0.1) is 0 Å². The predicted molar refractivity (Wildman–Crippen MR) is 77.5 cm³/mol. The topological polar surface area (TPSA) is 30.5 Å². The highest BCUT2D eigenvalue weighted by atomic mass is 16.5. The fourth-order valence-corrected chi connectivity index (χ4v) is 2.40. The van der Waals surface area contributed by atoms with Crippen LogP contribution < -0.4 is 10.1 Å². The molecule has 106 valence electrons. The molecule has 0 radical (unpaired) electrons. The van der Waals surface area contributed by atoms with Crippen LogP contribution in [0.5, 0.6) is 5.75 Å². The van der Waals surface area contributed by atoms with Crippen LogP contribution in [0, 0.1) is 5.92 Å². The predicted octanol–water partition coefficient (Wildman–Crippen LogP) is 2.99. The molecule has 0 aromatic heterocycles. The van der Waals surface area contributed by atoms with Crippen molar-refractivity contribution in [3.63, 3.8) is 0 Å². The van der Waals surface area contributed by atoms with E-state index in [0.29, 0.717) is 5.92 Å². The van der Waals surface area contributed by atoms with Gasteiger partial charge in [0.15, 0.2) is 0 Å². The summed E-state index contributed by atoms with van der Waals surface area (Å²) >= 11 is 0. The summed E-state index contributed by atoms with van der Waals surface area (Å²) in [6.07, 6.45) is 2.68. The molecule has 3 heteroatoms. The molecule has 1 saturated heterocycles. The molecule has 1 heterocycles. The summed E-state index contributed by atoms with van der Waals surface area (Å²) in [7, 11) is 0. The molecular formula is C16H25NO2. The Labute approximate surface area is 116 Å². The van der Waals surface area contributed by atoms with Crippen LogP contribution in [0.4, 0.5) is 0 Å². The third-order valence-corrected chi connectivity index (χ3v) is 3.34. The lowest BCUT2D eigenvalue weighted by Crippen LogP contribution is -2.29. The summed E-state index contributed by atoms with van der Waals surface area (Å²) in [5, 5.41) is 3.53. The third kappa shape index (κ3) is 4.84. The minimum Gasteiger partial charge on any atom is -0.491 e. The maximum Gasteiger partial charge on any atom is 0.124 e. The second-order valence-electron chi connectivity index (χ2n) is 5.49. The van der Waals surface area contributed by atoms with Crippen molar-refractivity contribution in [3.05, 3.63) is 29.8 Å². The van der Waals surface area contributed by atoms with Crippen molar-refractivity contribution in [2.75, 3.05) is 19.8 Å². The Morgan fingerprint density at radius 1 is 1.37 bits per heavy atom. The van der Waals surface area contributed by atoms with Crippen LogP contribution in [0.25, 0.3) is 0 Å². The molecule has 0 saturated carbocycles. The SMILES string of the molecule is CC(C)Oc1ccccc1CNCC1CCCOC1. The van der Waals surface area contributed by atoms with Crippen LogP contribution in [0.15, 0.2) is 24.3 Å². The van der Waals surface area contributed by atoms with Gasteiger partial charge >= 0.3 is 0 Å². The minimum atomic E-state index is 0.216. The molecule has 1 aromatic carbocycles. The Kier molecular flexibility index (Phi) is 5.67. The van der Waals surface area contributed by atoms with Crippen molar-refractivity contribution in [1.29, 1.82) is 0 Å². The van der Waals surface area contributed by atoms with Crippen molar-refractivity contribution in [2.24, 2.45) is 5.92 Å². The van der Waals surface area contributed by atoms with Crippen LogP contribution in [0.3, 0.4) is 0 Å². The van der Waals surface area contributed by atoms with E-state index in [4.69, 9.17) is 9.47 Å².